The van der Waals surface area contributed by atoms with E-state index in [-0.39, 0.29) is 0 Å². The van der Waals surface area contributed by atoms with Gasteiger partial charge in [-0.3, -0.25) is 4.98 Å². The van der Waals surface area contributed by atoms with Crippen LogP contribution in [0, 0.1) is 6.92 Å². The number of ether oxygens (including phenoxy) is 1. The Morgan fingerprint density at radius 1 is 1.11 bits per heavy atom. The molecule has 0 saturated carbocycles. The van der Waals surface area contributed by atoms with Crippen molar-refractivity contribution in [3.63, 3.8) is 0 Å². The number of benzene rings is 1. The van der Waals surface area contributed by atoms with E-state index in [1.54, 1.807) is 28.9 Å². The van der Waals surface area contributed by atoms with E-state index >= 15 is 0 Å². The summed E-state index contributed by atoms with van der Waals surface area (Å²) in [6.45, 7) is 4.19. The van der Waals surface area contributed by atoms with Crippen LogP contribution in [0.25, 0.3) is 10.9 Å². The van der Waals surface area contributed by atoms with Crippen LogP contribution in [0.2, 0.25) is 0 Å². The van der Waals surface area contributed by atoms with Crippen molar-refractivity contribution < 1.29 is 13.2 Å². The predicted molar refractivity (Wildman–Crippen MR) is 108 cm³/mol. The summed E-state index contributed by atoms with van der Waals surface area (Å²) in [5.74, 6) is 0.785. The van der Waals surface area contributed by atoms with Crippen LogP contribution in [0.1, 0.15) is 5.69 Å². The van der Waals surface area contributed by atoms with Crippen LogP contribution in [0.3, 0.4) is 0 Å². The Kier molecular flexibility index (Phi) is 4.79. The highest BCUT2D eigenvalue weighted by Crippen LogP contribution is 2.31. The average molecular weight is 404 g/mol. The Balaban J connectivity index is 1.61. The van der Waals surface area contributed by atoms with Crippen molar-refractivity contribution in [2.75, 3.05) is 38.2 Å². The lowest BCUT2D eigenvalue weighted by Gasteiger charge is -2.35. The molecule has 4 rings (SSSR count). The molecule has 0 bridgehead atoms. The molecule has 1 aromatic carbocycles. The third kappa shape index (κ3) is 3.40. The molecule has 0 atom stereocenters. The lowest BCUT2D eigenvalue weighted by atomic mass is 10.1. The Hall–Kier alpha value is -2.16. The van der Waals surface area contributed by atoms with Gasteiger partial charge in [0.25, 0.3) is 10.0 Å². The number of pyridine rings is 1. The second-order valence-corrected chi connectivity index (χ2v) is 9.60. The molecule has 1 fully saturated rings. The maximum atomic E-state index is 12.7. The predicted octanol–water partition coefficient (Wildman–Crippen LogP) is 3.12. The van der Waals surface area contributed by atoms with Gasteiger partial charge in [0.1, 0.15) is 9.96 Å². The molecule has 3 aromatic rings. The van der Waals surface area contributed by atoms with Gasteiger partial charge in [-0.25, -0.2) is 8.42 Å². The second kappa shape index (κ2) is 7.10. The van der Waals surface area contributed by atoms with Crippen molar-refractivity contribution in [2.24, 2.45) is 0 Å². The van der Waals surface area contributed by atoms with Gasteiger partial charge in [-0.2, -0.15) is 4.31 Å². The Labute approximate surface area is 163 Å². The summed E-state index contributed by atoms with van der Waals surface area (Å²) < 4.78 is 32.8. The number of fused-ring (bicyclic) bond motifs is 1. The summed E-state index contributed by atoms with van der Waals surface area (Å²) in [4.78, 5) is 6.84. The Morgan fingerprint density at radius 3 is 2.56 bits per heavy atom. The zero-order valence-electron chi connectivity index (χ0n) is 15.3. The highest BCUT2D eigenvalue weighted by atomic mass is 32.2. The molecule has 0 N–H and O–H groups in total. The SMILES string of the molecule is COc1ccc2nc(C)cc(N3CCN(S(=O)(=O)c4cccs4)CC3)c2c1. The summed E-state index contributed by atoms with van der Waals surface area (Å²) in [5.41, 5.74) is 2.93. The maximum Gasteiger partial charge on any atom is 0.252 e. The van der Waals surface area contributed by atoms with Gasteiger partial charge < -0.3 is 9.64 Å². The molecule has 0 amide bonds. The number of piperazine rings is 1. The van der Waals surface area contributed by atoms with E-state index in [0.29, 0.717) is 30.4 Å². The molecule has 0 aliphatic carbocycles. The lowest BCUT2D eigenvalue weighted by molar-refractivity contribution is 0.386. The monoisotopic (exact) mass is 403 g/mol. The first kappa shape index (κ1) is 18.2. The first-order valence-corrected chi connectivity index (χ1v) is 11.0. The van der Waals surface area contributed by atoms with E-state index < -0.39 is 10.0 Å². The molecule has 1 aliphatic heterocycles. The molecule has 6 nitrogen and oxygen atoms in total. The molecule has 1 saturated heterocycles. The summed E-state index contributed by atoms with van der Waals surface area (Å²) in [5, 5.41) is 2.82. The number of methoxy groups -OCH3 is 1. The molecule has 27 heavy (non-hydrogen) atoms. The molecular formula is C19H21N3O3S2. The fourth-order valence-corrected chi connectivity index (χ4v) is 5.98. The Morgan fingerprint density at radius 2 is 1.89 bits per heavy atom. The van der Waals surface area contributed by atoms with E-state index in [0.717, 1.165) is 28.0 Å². The molecule has 0 radical (unpaired) electrons. The number of anilines is 1. The molecule has 3 heterocycles. The van der Waals surface area contributed by atoms with Gasteiger partial charge in [0.2, 0.25) is 0 Å². The highest BCUT2D eigenvalue weighted by Gasteiger charge is 2.29. The summed E-state index contributed by atoms with van der Waals surface area (Å²) >= 11 is 1.26. The minimum atomic E-state index is -3.39. The number of sulfonamides is 1. The van der Waals surface area contributed by atoms with Gasteiger partial charge in [0.15, 0.2) is 0 Å². The van der Waals surface area contributed by atoms with Gasteiger partial charge in [0, 0.05) is 42.9 Å². The number of aryl methyl sites for hydroxylation is 1. The van der Waals surface area contributed by atoms with Crippen LogP contribution >= 0.6 is 11.3 Å². The second-order valence-electron chi connectivity index (χ2n) is 6.49. The number of hydrogen-bond acceptors (Lipinski definition) is 6. The van der Waals surface area contributed by atoms with E-state index in [9.17, 15) is 8.42 Å². The zero-order valence-corrected chi connectivity index (χ0v) is 16.9. The molecular weight excluding hydrogens is 382 g/mol. The maximum absolute atomic E-state index is 12.7. The van der Waals surface area contributed by atoms with Gasteiger partial charge in [0.05, 0.1) is 12.6 Å². The molecule has 0 spiro atoms. The number of aromatic nitrogens is 1. The number of nitrogens with zero attached hydrogens (tertiary/aromatic N) is 3. The average Bonchev–Trinajstić information content (AvgIpc) is 3.23. The highest BCUT2D eigenvalue weighted by molar-refractivity contribution is 7.91. The normalized spacial score (nSPS) is 16.0. The van der Waals surface area contributed by atoms with Crippen molar-refractivity contribution in [3.8, 4) is 5.75 Å². The smallest absolute Gasteiger partial charge is 0.252 e. The topological polar surface area (TPSA) is 62.7 Å². The van der Waals surface area contributed by atoms with Crippen molar-refractivity contribution in [2.45, 2.75) is 11.1 Å². The van der Waals surface area contributed by atoms with Crippen LogP contribution in [0.5, 0.6) is 5.75 Å². The first-order chi connectivity index (χ1) is 13.0. The fraction of sp³-hybridized carbons (Fsp3) is 0.316. The lowest BCUT2D eigenvalue weighted by Crippen LogP contribution is -2.48. The van der Waals surface area contributed by atoms with E-state index in [4.69, 9.17) is 4.74 Å². The van der Waals surface area contributed by atoms with Crippen LogP contribution in [0.4, 0.5) is 5.69 Å². The summed E-state index contributed by atoms with van der Waals surface area (Å²) in [6.07, 6.45) is 0. The Bertz CT molecular complexity index is 1060. The summed E-state index contributed by atoms with van der Waals surface area (Å²) in [7, 11) is -1.74. The van der Waals surface area contributed by atoms with Crippen LogP contribution < -0.4 is 9.64 Å². The van der Waals surface area contributed by atoms with Crippen LogP contribution in [0.15, 0.2) is 46.0 Å². The molecule has 8 heteroatoms. The molecule has 2 aromatic heterocycles. The quantitative estimate of drug-likeness (QED) is 0.670. The van der Waals surface area contributed by atoms with Crippen molar-refractivity contribution in [1.29, 1.82) is 0 Å². The number of hydrogen-bond donors (Lipinski definition) is 0. The van der Waals surface area contributed by atoms with Gasteiger partial charge in [-0.15, -0.1) is 11.3 Å². The van der Waals surface area contributed by atoms with Crippen LogP contribution in [-0.4, -0.2) is 51.0 Å². The van der Waals surface area contributed by atoms with Crippen molar-refractivity contribution in [3.05, 3.63) is 47.5 Å². The molecule has 0 unspecified atom stereocenters. The number of thiophene rings is 1. The van der Waals surface area contributed by atoms with E-state index in [1.807, 2.05) is 25.1 Å². The first-order valence-electron chi connectivity index (χ1n) is 8.73. The molecule has 142 valence electrons. The third-order valence-electron chi connectivity index (χ3n) is 4.79. The fourth-order valence-electron chi connectivity index (χ4n) is 3.41. The van der Waals surface area contributed by atoms with Gasteiger partial charge in [-0.05, 0) is 42.6 Å². The van der Waals surface area contributed by atoms with Crippen LogP contribution in [-0.2, 0) is 10.0 Å². The third-order valence-corrected chi connectivity index (χ3v) is 8.06. The largest absolute Gasteiger partial charge is 0.497 e. The van der Waals surface area contributed by atoms with Gasteiger partial charge >= 0.3 is 0 Å². The van der Waals surface area contributed by atoms with Gasteiger partial charge in [-0.1, -0.05) is 6.07 Å². The van der Waals surface area contributed by atoms with E-state index in [1.165, 1.54) is 11.3 Å². The molecule has 1 aliphatic rings. The van der Waals surface area contributed by atoms with Crippen molar-refractivity contribution >= 4 is 38.0 Å². The van der Waals surface area contributed by atoms with E-state index in [2.05, 4.69) is 16.0 Å². The van der Waals surface area contributed by atoms with Crippen molar-refractivity contribution in [1.82, 2.24) is 9.29 Å². The minimum Gasteiger partial charge on any atom is -0.497 e. The zero-order chi connectivity index (χ0) is 19.0. The minimum absolute atomic E-state index is 0.408. The standard InChI is InChI=1S/C19H21N3O3S2/c1-14-12-18(16-13-15(25-2)5-6-17(16)20-14)21-7-9-22(10-8-21)27(23,24)19-4-3-11-26-19/h3-6,11-13H,7-10H2,1-2H3. The summed E-state index contributed by atoms with van der Waals surface area (Å²) in [6, 6.07) is 11.4. The number of rotatable bonds is 4.